The lowest BCUT2D eigenvalue weighted by molar-refractivity contribution is 0.102. The number of ether oxygens (including phenoxy) is 2. The van der Waals surface area contributed by atoms with Crippen LogP contribution in [0.15, 0.2) is 40.9 Å². The molecule has 0 saturated carbocycles. The molecule has 4 nitrogen and oxygen atoms in total. The van der Waals surface area contributed by atoms with Crippen LogP contribution in [0.3, 0.4) is 0 Å². The van der Waals surface area contributed by atoms with Crippen molar-refractivity contribution in [1.29, 1.82) is 0 Å². The van der Waals surface area contributed by atoms with E-state index in [1.807, 2.05) is 0 Å². The molecule has 3 rings (SSSR count). The van der Waals surface area contributed by atoms with E-state index >= 15 is 0 Å². The Morgan fingerprint density at radius 2 is 1.86 bits per heavy atom. The Hall–Kier alpha value is -1.72. The lowest BCUT2D eigenvalue weighted by Gasteiger charge is -2.18. The average molecular weight is 369 g/mol. The van der Waals surface area contributed by atoms with Gasteiger partial charge < -0.3 is 14.8 Å². The van der Waals surface area contributed by atoms with Crippen LogP contribution in [0.25, 0.3) is 0 Å². The Labute approximate surface area is 135 Å². The average Bonchev–Trinajstić information content (AvgIpc) is 2.50. The third kappa shape index (κ3) is 3.14. The van der Waals surface area contributed by atoms with Gasteiger partial charge in [-0.15, -0.1) is 0 Å². The smallest absolute Gasteiger partial charge is 0.255 e. The number of rotatable bonds is 2. The fraction of sp³-hybridized carbons (Fsp3) is 0.133. The molecule has 0 radical (unpaired) electrons. The summed E-state index contributed by atoms with van der Waals surface area (Å²) < 4.78 is 11.7. The van der Waals surface area contributed by atoms with Gasteiger partial charge in [0.1, 0.15) is 13.2 Å². The summed E-state index contributed by atoms with van der Waals surface area (Å²) in [6.07, 6.45) is 0. The standard InChI is InChI=1S/C15H11BrClNO3/c16-11-3-2-10(17)8-12(11)18-15(19)9-1-4-13-14(7-9)21-6-5-20-13/h1-4,7-8H,5-6H2,(H,18,19). The monoisotopic (exact) mass is 367 g/mol. The molecular weight excluding hydrogens is 358 g/mol. The summed E-state index contributed by atoms with van der Waals surface area (Å²) in [6.45, 7) is 1.01. The Bertz CT molecular complexity index is 705. The molecule has 21 heavy (non-hydrogen) atoms. The Morgan fingerprint density at radius 1 is 1.10 bits per heavy atom. The topological polar surface area (TPSA) is 47.6 Å². The summed E-state index contributed by atoms with van der Waals surface area (Å²) in [5.74, 6) is 0.996. The predicted molar refractivity (Wildman–Crippen MR) is 84.5 cm³/mol. The maximum absolute atomic E-state index is 12.3. The number of carbonyl (C=O) groups is 1. The summed E-state index contributed by atoms with van der Waals surface area (Å²) in [7, 11) is 0. The van der Waals surface area contributed by atoms with Gasteiger partial charge in [-0.2, -0.15) is 0 Å². The van der Waals surface area contributed by atoms with E-state index in [-0.39, 0.29) is 5.91 Å². The minimum absolute atomic E-state index is 0.241. The van der Waals surface area contributed by atoms with Crippen LogP contribution in [0.1, 0.15) is 10.4 Å². The molecule has 0 bridgehead atoms. The van der Waals surface area contributed by atoms with Crippen molar-refractivity contribution in [1.82, 2.24) is 0 Å². The fourth-order valence-electron chi connectivity index (χ4n) is 1.97. The molecule has 0 saturated heterocycles. The van der Waals surface area contributed by atoms with Gasteiger partial charge in [-0.05, 0) is 52.3 Å². The Morgan fingerprint density at radius 3 is 2.67 bits per heavy atom. The minimum Gasteiger partial charge on any atom is -0.486 e. The molecule has 0 aliphatic carbocycles. The summed E-state index contributed by atoms with van der Waals surface area (Å²) in [6, 6.07) is 10.3. The number of hydrogen-bond donors (Lipinski definition) is 1. The maximum Gasteiger partial charge on any atom is 0.255 e. The summed E-state index contributed by atoms with van der Waals surface area (Å²) in [5, 5.41) is 3.36. The number of benzene rings is 2. The molecule has 0 spiro atoms. The van der Waals surface area contributed by atoms with Crippen LogP contribution < -0.4 is 14.8 Å². The fourth-order valence-corrected chi connectivity index (χ4v) is 2.49. The zero-order valence-corrected chi connectivity index (χ0v) is 13.2. The van der Waals surface area contributed by atoms with E-state index in [9.17, 15) is 4.79 Å². The van der Waals surface area contributed by atoms with Gasteiger partial charge in [-0.1, -0.05) is 11.6 Å². The van der Waals surface area contributed by atoms with Crippen LogP contribution in [0.2, 0.25) is 5.02 Å². The molecule has 1 amide bonds. The number of halogens is 2. The van der Waals surface area contributed by atoms with Crippen molar-refractivity contribution < 1.29 is 14.3 Å². The van der Waals surface area contributed by atoms with Crippen LogP contribution >= 0.6 is 27.5 Å². The zero-order chi connectivity index (χ0) is 14.8. The van der Waals surface area contributed by atoms with Crippen LogP contribution in [0.5, 0.6) is 11.5 Å². The number of fused-ring (bicyclic) bond motifs is 1. The second-order valence-corrected chi connectivity index (χ2v) is 5.73. The molecule has 1 N–H and O–H groups in total. The highest BCUT2D eigenvalue weighted by molar-refractivity contribution is 9.10. The molecule has 0 fully saturated rings. The van der Waals surface area contributed by atoms with Crippen molar-refractivity contribution in [2.75, 3.05) is 18.5 Å². The van der Waals surface area contributed by atoms with E-state index in [0.717, 1.165) is 4.47 Å². The van der Waals surface area contributed by atoms with E-state index in [1.54, 1.807) is 36.4 Å². The Balaban J connectivity index is 1.83. The molecule has 0 atom stereocenters. The maximum atomic E-state index is 12.3. The third-order valence-electron chi connectivity index (χ3n) is 2.98. The molecule has 1 heterocycles. The van der Waals surface area contributed by atoms with Gasteiger partial charge in [0.2, 0.25) is 0 Å². The van der Waals surface area contributed by atoms with E-state index < -0.39 is 0 Å². The number of nitrogens with one attached hydrogen (secondary N) is 1. The largest absolute Gasteiger partial charge is 0.486 e. The highest BCUT2D eigenvalue weighted by atomic mass is 79.9. The number of hydrogen-bond acceptors (Lipinski definition) is 3. The molecular formula is C15H11BrClNO3. The van der Waals surface area contributed by atoms with Crippen molar-refractivity contribution >= 4 is 39.1 Å². The Kier molecular flexibility index (Phi) is 4.03. The molecule has 0 aromatic heterocycles. The highest BCUT2D eigenvalue weighted by Crippen LogP contribution is 2.31. The number of anilines is 1. The number of carbonyl (C=O) groups excluding carboxylic acids is 1. The van der Waals surface area contributed by atoms with Gasteiger partial charge >= 0.3 is 0 Å². The van der Waals surface area contributed by atoms with Crippen molar-refractivity contribution in [3.05, 3.63) is 51.5 Å². The van der Waals surface area contributed by atoms with Crippen molar-refractivity contribution in [2.24, 2.45) is 0 Å². The summed E-state index contributed by atoms with van der Waals surface area (Å²) >= 11 is 9.31. The van der Waals surface area contributed by atoms with E-state index in [1.165, 1.54) is 0 Å². The molecule has 0 unspecified atom stereocenters. The van der Waals surface area contributed by atoms with Gasteiger partial charge in [0.25, 0.3) is 5.91 Å². The highest BCUT2D eigenvalue weighted by Gasteiger charge is 2.15. The predicted octanol–water partition coefficient (Wildman–Crippen LogP) is 4.13. The minimum atomic E-state index is -0.241. The molecule has 1 aliphatic heterocycles. The lowest BCUT2D eigenvalue weighted by Crippen LogP contribution is -2.17. The second kappa shape index (κ2) is 5.95. The van der Waals surface area contributed by atoms with Crippen molar-refractivity contribution in [3.8, 4) is 11.5 Å². The van der Waals surface area contributed by atoms with E-state index in [0.29, 0.717) is 41.0 Å². The molecule has 2 aromatic rings. The van der Waals surface area contributed by atoms with Gasteiger partial charge in [-0.3, -0.25) is 4.79 Å². The third-order valence-corrected chi connectivity index (χ3v) is 3.91. The molecule has 1 aliphatic rings. The normalized spacial score (nSPS) is 12.9. The van der Waals surface area contributed by atoms with Gasteiger partial charge in [0.15, 0.2) is 11.5 Å². The SMILES string of the molecule is O=C(Nc1cc(Cl)ccc1Br)c1ccc2c(c1)OCCO2. The second-order valence-electron chi connectivity index (χ2n) is 4.44. The van der Waals surface area contributed by atoms with Crippen molar-refractivity contribution in [3.63, 3.8) is 0 Å². The van der Waals surface area contributed by atoms with E-state index in [2.05, 4.69) is 21.2 Å². The first-order valence-corrected chi connectivity index (χ1v) is 7.46. The van der Waals surface area contributed by atoms with Crippen molar-refractivity contribution in [2.45, 2.75) is 0 Å². The number of amides is 1. The van der Waals surface area contributed by atoms with Gasteiger partial charge in [0.05, 0.1) is 5.69 Å². The quantitative estimate of drug-likeness (QED) is 0.867. The summed E-state index contributed by atoms with van der Waals surface area (Å²) in [5.41, 5.74) is 1.11. The van der Waals surface area contributed by atoms with Crippen LogP contribution in [0.4, 0.5) is 5.69 Å². The summed E-state index contributed by atoms with van der Waals surface area (Å²) in [4.78, 5) is 12.3. The van der Waals surface area contributed by atoms with Gasteiger partial charge in [0, 0.05) is 15.1 Å². The molecule has 6 heteroatoms. The lowest BCUT2D eigenvalue weighted by atomic mass is 10.1. The van der Waals surface area contributed by atoms with E-state index in [4.69, 9.17) is 21.1 Å². The van der Waals surface area contributed by atoms with Gasteiger partial charge in [-0.25, -0.2) is 0 Å². The first-order valence-electron chi connectivity index (χ1n) is 6.29. The molecule has 2 aromatic carbocycles. The first-order chi connectivity index (χ1) is 10.1. The zero-order valence-electron chi connectivity index (χ0n) is 10.9. The van der Waals surface area contributed by atoms with Crippen LogP contribution in [0, 0.1) is 0 Å². The first kappa shape index (κ1) is 14.2. The van der Waals surface area contributed by atoms with Crippen LogP contribution in [-0.2, 0) is 0 Å². The van der Waals surface area contributed by atoms with Crippen LogP contribution in [-0.4, -0.2) is 19.1 Å². The molecule has 108 valence electrons.